The molecule has 0 amide bonds. The minimum Gasteiger partial charge on any atom is -0.407 e. The number of rotatable bonds is 6. The van der Waals surface area contributed by atoms with Crippen LogP contribution in [0.3, 0.4) is 0 Å². The van der Waals surface area contributed by atoms with E-state index < -0.39 is 0 Å². The summed E-state index contributed by atoms with van der Waals surface area (Å²) in [5.41, 5.74) is 1.71. The Labute approximate surface area is 134 Å². The number of aromatic nitrogens is 4. The summed E-state index contributed by atoms with van der Waals surface area (Å²) in [5.74, 6) is 1.28. The quantitative estimate of drug-likeness (QED) is 0.723. The average Bonchev–Trinajstić information content (AvgIpc) is 2.95. The van der Waals surface area contributed by atoms with Gasteiger partial charge in [-0.25, -0.2) is 9.97 Å². The van der Waals surface area contributed by atoms with Gasteiger partial charge in [0.15, 0.2) is 0 Å². The van der Waals surface area contributed by atoms with Gasteiger partial charge in [-0.1, -0.05) is 23.3 Å². The van der Waals surface area contributed by atoms with Crippen LogP contribution in [0.2, 0.25) is 0 Å². The molecular weight excluding hydrogens is 292 g/mol. The third-order valence-electron chi connectivity index (χ3n) is 2.98. The maximum atomic E-state index is 5.60. The van der Waals surface area contributed by atoms with Gasteiger partial charge in [-0.15, -0.1) is 5.10 Å². The van der Waals surface area contributed by atoms with Crippen LogP contribution in [0, 0.1) is 0 Å². The van der Waals surface area contributed by atoms with Crippen LogP contribution in [0.15, 0.2) is 47.1 Å². The van der Waals surface area contributed by atoms with E-state index >= 15 is 0 Å². The Kier molecular flexibility index (Phi) is 4.46. The fraction of sp³-hybridized carbons (Fsp3) is 0.250. The Bertz CT molecular complexity index is 756. The molecule has 7 nitrogen and oxygen atoms in total. The zero-order valence-corrected chi connectivity index (χ0v) is 13.0. The molecular formula is C16H18N6O. The van der Waals surface area contributed by atoms with Crippen molar-refractivity contribution in [3.63, 3.8) is 0 Å². The van der Waals surface area contributed by atoms with Crippen LogP contribution in [0.4, 0.5) is 17.5 Å². The van der Waals surface area contributed by atoms with E-state index in [4.69, 9.17) is 4.42 Å². The van der Waals surface area contributed by atoms with Crippen molar-refractivity contribution in [2.75, 3.05) is 10.6 Å². The van der Waals surface area contributed by atoms with E-state index in [1.807, 2.05) is 36.4 Å². The summed E-state index contributed by atoms with van der Waals surface area (Å²) in [6, 6.07) is 12.2. The summed E-state index contributed by atoms with van der Waals surface area (Å²) in [7, 11) is 0. The molecule has 2 N–H and O–H groups in total. The van der Waals surface area contributed by atoms with Crippen molar-refractivity contribution in [3.05, 3.63) is 54.3 Å². The second kappa shape index (κ2) is 6.87. The highest BCUT2D eigenvalue weighted by Crippen LogP contribution is 2.16. The smallest absolute Gasteiger partial charge is 0.320 e. The molecule has 0 bridgehead atoms. The Morgan fingerprint density at radius 1 is 1.09 bits per heavy atom. The van der Waals surface area contributed by atoms with Crippen LogP contribution in [-0.2, 0) is 6.42 Å². The van der Waals surface area contributed by atoms with Gasteiger partial charge in [0.1, 0.15) is 12.1 Å². The van der Waals surface area contributed by atoms with Crippen molar-refractivity contribution in [2.45, 2.75) is 26.3 Å². The topological polar surface area (TPSA) is 88.8 Å². The lowest BCUT2D eigenvalue weighted by atomic mass is 10.3. The zero-order chi connectivity index (χ0) is 16.1. The van der Waals surface area contributed by atoms with Gasteiger partial charge in [-0.05, 0) is 26.0 Å². The molecule has 7 heteroatoms. The lowest BCUT2D eigenvalue weighted by Crippen LogP contribution is -2.11. The molecule has 2 aromatic heterocycles. The van der Waals surface area contributed by atoms with E-state index in [-0.39, 0.29) is 0 Å². The Morgan fingerprint density at radius 2 is 1.91 bits per heavy atom. The first-order valence-electron chi connectivity index (χ1n) is 7.41. The van der Waals surface area contributed by atoms with Gasteiger partial charge in [-0.3, -0.25) is 0 Å². The van der Waals surface area contributed by atoms with Crippen molar-refractivity contribution in [3.8, 4) is 0 Å². The number of nitrogens with one attached hydrogen (secondary N) is 2. The number of hydrogen-bond acceptors (Lipinski definition) is 7. The van der Waals surface area contributed by atoms with Crippen LogP contribution in [0.5, 0.6) is 0 Å². The maximum absolute atomic E-state index is 5.60. The zero-order valence-electron chi connectivity index (χ0n) is 13.0. The van der Waals surface area contributed by atoms with E-state index in [1.165, 1.54) is 6.33 Å². The molecule has 0 saturated heterocycles. The van der Waals surface area contributed by atoms with Crippen LogP contribution in [0.25, 0.3) is 0 Å². The van der Waals surface area contributed by atoms with Gasteiger partial charge in [0.2, 0.25) is 5.89 Å². The van der Waals surface area contributed by atoms with Crippen LogP contribution < -0.4 is 10.6 Å². The number of anilines is 3. The molecule has 0 aliphatic heterocycles. The van der Waals surface area contributed by atoms with Gasteiger partial charge in [0.25, 0.3) is 0 Å². The normalized spacial score (nSPS) is 10.7. The molecule has 2 heterocycles. The molecule has 3 aromatic rings. The minimum atomic E-state index is 0.308. The second-order valence-electron chi connectivity index (χ2n) is 5.36. The lowest BCUT2D eigenvalue weighted by Gasteiger charge is -2.08. The van der Waals surface area contributed by atoms with Gasteiger partial charge in [0, 0.05) is 17.8 Å². The summed E-state index contributed by atoms with van der Waals surface area (Å²) in [5, 5.41) is 14.3. The minimum absolute atomic E-state index is 0.308. The molecule has 118 valence electrons. The average molecular weight is 310 g/mol. The third-order valence-corrected chi connectivity index (χ3v) is 2.98. The predicted molar refractivity (Wildman–Crippen MR) is 87.6 cm³/mol. The van der Waals surface area contributed by atoms with E-state index in [9.17, 15) is 0 Å². The Morgan fingerprint density at radius 3 is 2.70 bits per heavy atom. The largest absolute Gasteiger partial charge is 0.407 e. The van der Waals surface area contributed by atoms with Gasteiger partial charge >= 0.3 is 6.01 Å². The highest BCUT2D eigenvalue weighted by atomic mass is 16.4. The SMILES string of the molecule is CC(C)Nc1cc(Cc2nnc(Nc3ccccc3)o2)ncn1. The first-order valence-corrected chi connectivity index (χ1v) is 7.41. The van der Waals surface area contributed by atoms with Crippen LogP contribution >= 0.6 is 0 Å². The summed E-state index contributed by atoms with van der Waals surface area (Å²) in [6.45, 7) is 4.11. The maximum Gasteiger partial charge on any atom is 0.320 e. The van der Waals surface area contributed by atoms with Crippen molar-refractivity contribution in [1.82, 2.24) is 20.2 Å². The lowest BCUT2D eigenvalue weighted by molar-refractivity contribution is 0.519. The molecule has 0 unspecified atom stereocenters. The van der Waals surface area contributed by atoms with E-state index in [0.29, 0.717) is 24.4 Å². The molecule has 0 aliphatic carbocycles. The fourth-order valence-electron chi connectivity index (χ4n) is 2.04. The molecule has 0 radical (unpaired) electrons. The van der Waals surface area contributed by atoms with E-state index in [2.05, 4.69) is 44.6 Å². The first kappa shape index (κ1) is 15.0. The fourth-order valence-corrected chi connectivity index (χ4v) is 2.04. The van der Waals surface area contributed by atoms with Gasteiger partial charge < -0.3 is 15.1 Å². The van der Waals surface area contributed by atoms with Gasteiger partial charge in [-0.2, -0.15) is 0 Å². The number of nitrogens with zero attached hydrogens (tertiary/aromatic N) is 4. The summed E-state index contributed by atoms with van der Waals surface area (Å²) in [4.78, 5) is 8.42. The van der Waals surface area contributed by atoms with Crippen LogP contribution in [0.1, 0.15) is 25.4 Å². The summed E-state index contributed by atoms with van der Waals surface area (Å²) >= 11 is 0. The van der Waals surface area contributed by atoms with E-state index in [0.717, 1.165) is 17.2 Å². The molecule has 1 aromatic carbocycles. The Hall–Kier alpha value is -2.96. The predicted octanol–water partition coefficient (Wildman–Crippen LogP) is 3.01. The molecule has 0 atom stereocenters. The molecule has 0 spiro atoms. The molecule has 23 heavy (non-hydrogen) atoms. The third kappa shape index (κ3) is 4.26. The van der Waals surface area contributed by atoms with Crippen LogP contribution in [-0.4, -0.2) is 26.2 Å². The summed E-state index contributed by atoms with van der Waals surface area (Å²) < 4.78 is 5.60. The second-order valence-corrected chi connectivity index (χ2v) is 5.36. The van der Waals surface area contributed by atoms with Crippen molar-refractivity contribution in [1.29, 1.82) is 0 Å². The van der Waals surface area contributed by atoms with E-state index in [1.54, 1.807) is 0 Å². The number of para-hydroxylation sites is 1. The van der Waals surface area contributed by atoms with Crippen molar-refractivity contribution < 1.29 is 4.42 Å². The van der Waals surface area contributed by atoms with Gasteiger partial charge in [0.05, 0.1) is 12.1 Å². The molecule has 0 aliphatic rings. The first-order chi connectivity index (χ1) is 11.2. The Balaban J connectivity index is 1.67. The standard InChI is InChI=1S/C16H18N6O/c1-11(2)19-14-8-13(17-10-18-14)9-15-21-22-16(23-15)20-12-6-4-3-5-7-12/h3-8,10-11H,9H2,1-2H3,(H,20,22)(H,17,18,19). The molecule has 0 saturated carbocycles. The summed E-state index contributed by atoms with van der Waals surface area (Å²) in [6.07, 6.45) is 1.98. The molecule has 0 fully saturated rings. The monoisotopic (exact) mass is 310 g/mol. The highest BCUT2D eigenvalue weighted by molar-refractivity contribution is 5.51. The number of hydrogen-bond donors (Lipinski definition) is 2. The molecule has 3 rings (SSSR count). The number of benzene rings is 1. The highest BCUT2D eigenvalue weighted by Gasteiger charge is 2.09. The van der Waals surface area contributed by atoms with Crippen molar-refractivity contribution >= 4 is 17.5 Å². The van der Waals surface area contributed by atoms with Crippen molar-refractivity contribution in [2.24, 2.45) is 0 Å².